The highest BCUT2D eigenvalue weighted by Crippen LogP contribution is 2.32. The number of carbonyl (C=O) groups is 2. The Morgan fingerprint density at radius 1 is 0.857 bits per heavy atom. The summed E-state index contributed by atoms with van der Waals surface area (Å²) < 4.78 is 30.8. The molecular weight excluding hydrogens is 553 g/mol. The number of carbonyl (C=O) groups excluding carboxylic acids is 2. The minimum Gasteiger partial charge on any atom is -0.494 e. The second-order valence-corrected chi connectivity index (χ2v) is 11.5. The van der Waals surface area contributed by atoms with Crippen molar-refractivity contribution in [3.05, 3.63) is 102 Å². The Labute approximate surface area is 252 Å². The highest BCUT2D eigenvalue weighted by atomic mass is 32.2. The summed E-state index contributed by atoms with van der Waals surface area (Å²) in [7, 11) is 0. The SMILES string of the molecule is O=C(CCCCCCN1C(=O)CSC1C(CCCOc1ccc(F)cc1)OCc1ccccc1)OCc1ccccc1. The van der Waals surface area contributed by atoms with Gasteiger partial charge < -0.3 is 19.1 Å². The molecule has 4 rings (SSSR count). The first-order valence-electron chi connectivity index (χ1n) is 14.7. The third kappa shape index (κ3) is 10.8. The Morgan fingerprint density at radius 2 is 1.52 bits per heavy atom. The number of amides is 1. The van der Waals surface area contributed by atoms with E-state index in [1.807, 2.05) is 65.6 Å². The van der Waals surface area contributed by atoms with E-state index < -0.39 is 0 Å². The van der Waals surface area contributed by atoms with Gasteiger partial charge in [0.15, 0.2) is 0 Å². The second kappa shape index (κ2) is 17.6. The molecule has 0 bridgehead atoms. The lowest BCUT2D eigenvalue weighted by Gasteiger charge is -2.31. The summed E-state index contributed by atoms with van der Waals surface area (Å²) in [6.45, 7) is 1.94. The molecule has 224 valence electrons. The molecule has 2 unspecified atom stereocenters. The van der Waals surface area contributed by atoms with E-state index in [9.17, 15) is 14.0 Å². The number of thioether (sulfide) groups is 1. The Morgan fingerprint density at radius 3 is 2.24 bits per heavy atom. The molecule has 0 N–H and O–H groups in total. The normalized spacial score (nSPS) is 15.5. The van der Waals surface area contributed by atoms with E-state index >= 15 is 0 Å². The van der Waals surface area contributed by atoms with Gasteiger partial charge in [0.2, 0.25) is 5.91 Å². The van der Waals surface area contributed by atoms with Crippen LogP contribution in [0.3, 0.4) is 0 Å². The van der Waals surface area contributed by atoms with Crippen LogP contribution >= 0.6 is 11.8 Å². The van der Waals surface area contributed by atoms with Gasteiger partial charge in [0, 0.05) is 13.0 Å². The molecule has 6 nitrogen and oxygen atoms in total. The number of nitrogens with zero attached hydrogens (tertiary/aromatic N) is 1. The van der Waals surface area contributed by atoms with Crippen molar-refractivity contribution in [2.75, 3.05) is 18.9 Å². The van der Waals surface area contributed by atoms with E-state index in [-0.39, 0.29) is 29.2 Å². The molecule has 42 heavy (non-hydrogen) atoms. The summed E-state index contributed by atoms with van der Waals surface area (Å²) in [6, 6.07) is 25.7. The molecule has 0 aliphatic carbocycles. The van der Waals surface area contributed by atoms with Gasteiger partial charge in [-0.15, -0.1) is 11.8 Å². The van der Waals surface area contributed by atoms with Crippen molar-refractivity contribution in [2.24, 2.45) is 0 Å². The lowest BCUT2D eigenvalue weighted by Crippen LogP contribution is -2.42. The average molecular weight is 594 g/mol. The molecule has 1 fully saturated rings. The van der Waals surface area contributed by atoms with Gasteiger partial charge in [0.25, 0.3) is 0 Å². The van der Waals surface area contributed by atoms with Gasteiger partial charge in [-0.1, -0.05) is 73.5 Å². The largest absolute Gasteiger partial charge is 0.494 e. The van der Waals surface area contributed by atoms with Crippen LogP contribution in [0.2, 0.25) is 0 Å². The third-order valence-electron chi connectivity index (χ3n) is 7.12. The molecule has 1 saturated heterocycles. The summed E-state index contributed by atoms with van der Waals surface area (Å²) in [6.07, 6.45) is 5.25. The number of esters is 1. The van der Waals surface area contributed by atoms with Crippen LogP contribution in [-0.4, -0.2) is 47.2 Å². The van der Waals surface area contributed by atoms with Crippen molar-refractivity contribution in [1.82, 2.24) is 4.90 Å². The lowest BCUT2D eigenvalue weighted by molar-refractivity contribution is -0.145. The Balaban J connectivity index is 1.21. The van der Waals surface area contributed by atoms with Crippen LogP contribution < -0.4 is 4.74 Å². The van der Waals surface area contributed by atoms with Crippen LogP contribution in [0.1, 0.15) is 56.1 Å². The fourth-order valence-electron chi connectivity index (χ4n) is 4.84. The molecule has 0 aromatic heterocycles. The zero-order valence-corrected chi connectivity index (χ0v) is 24.8. The maximum Gasteiger partial charge on any atom is 0.306 e. The fraction of sp³-hybridized carbons (Fsp3) is 0.412. The maximum absolute atomic E-state index is 13.2. The van der Waals surface area contributed by atoms with Crippen LogP contribution in [-0.2, 0) is 32.3 Å². The topological polar surface area (TPSA) is 65.1 Å². The van der Waals surface area contributed by atoms with Gasteiger partial charge >= 0.3 is 5.97 Å². The molecule has 2 atom stereocenters. The fourth-order valence-corrected chi connectivity index (χ4v) is 6.15. The van der Waals surface area contributed by atoms with Crippen molar-refractivity contribution in [3.8, 4) is 5.75 Å². The number of halogens is 1. The van der Waals surface area contributed by atoms with E-state index in [1.54, 1.807) is 23.9 Å². The summed E-state index contributed by atoms with van der Waals surface area (Å²) in [5.41, 5.74) is 2.08. The Kier molecular flexibility index (Phi) is 13.2. The lowest BCUT2D eigenvalue weighted by atomic mass is 10.1. The highest BCUT2D eigenvalue weighted by molar-refractivity contribution is 8.01. The molecule has 1 aliphatic rings. The highest BCUT2D eigenvalue weighted by Gasteiger charge is 2.37. The van der Waals surface area contributed by atoms with Gasteiger partial charge in [-0.05, 0) is 61.1 Å². The van der Waals surface area contributed by atoms with E-state index in [0.717, 1.165) is 49.7 Å². The molecule has 1 amide bonds. The summed E-state index contributed by atoms with van der Waals surface area (Å²) in [5.74, 6) is 0.766. The first-order chi connectivity index (χ1) is 20.6. The van der Waals surface area contributed by atoms with Crippen molar-refractivity contribution in [2.45, 2.75) is 69.6 Å². The van der Waals surface area contributed by atoms with Crippen LogP contribution in [0.5, 0.6) is 5.75 Å². The van der Waals surface area contributed by atoms with Crippen LogP contribution in [0, 0.1) is 5.82 Å². The molecule has 0 saturated carbocycles. The van der Waals surface area contributed by atoms with E-state index in [1.165, 1.54) is 12.1 Å². The quantitative estimate of drug-likeness (QED) is 0.115. The zero-order chi connectivity index (χ0) is 29.4. The third-order valence-corrected chi connectivity index (χ3v) is 8.43. The van der Waals surface area contributed by atoms with Gasteiger partial charge in [-0.2, -0.15) is 0 Å². The average Bonchev–Trinajstić information content (AvgIpc) is 3.39. The number of ether oxygens (including phenoxy) is 3. The van der Waals surface area contributed by atoms with Crippen molar-refractivity contribution in [1.29, 1.82) is 0 Å². The number of benzene rings is 3. The van der Waals surface area contributed by atoms with Crippen LogP contribution in [0.4, 0.5) is 4.39 Å². The summed E-state index contributed by atoms with van der Waals surface area (Å²) >= 11 is 1.64. The van der Waals surface area contributed by atoms with Crippen molar-refractivity contribution < 1.29 is 28.2 Å². The minimum absolute atomic E-state index is 0.0556. The van der Waals surface area contributed by atoms with Gasteiger partial charge in [0.05, 0.1) is 25.1 Å². The molecular formula is C34H40FNO5S. The number of hydrogen-bond donors (Lipinski definition) is 0. The zero-order valence-electron chi connectivity index (χ0n) is 24.0. The summed E-state index contributed by atoms with van der Waals surface area (Å²) in [5, 5.41) is -0.0556. The summed E-state index contributed by atoms with van der Waals surface area (Å²) in [4.78, 5) is 26.9. The number of hydrogen-bond acceptors (Lipinski definition) is 6. The molecule has 1 aliphatic heterocycles. The maximum atomic E-state index is 13.2. The van der Waals surface area contributed by atoms with Crippen LogP contribution in [0.25, 0.3) is 0 Å². The predicted octanol–water partition coefficient (Wildman–Crippen LogP) is 7.17. The molecule has 0 radical (unpaired) electrons. The van der Waals surface area contributed by atoms with Gasteiger partial charge in [-0.3, -0.25) is 9.59 Å². The Hall–Kier alpha value is -3.36. The van der Waals surface area contributed by atoms with E-state index in [0.29, 0.717) is 44.3 Å². The smallest absolute Gasteiger partial charge is 0.306 e. The molecule has 3 aromatic rings. The molecule has 1 heterocycles. The Bertz CT molecular complexity index is 1210. The van der Waals surface area contributed by atoms with Crippen molar-refractivity contribution in [3.63, 3.8) is 0 Å². The first kappa shape index (κ1) is 31.6. The van der Waals surface area contributed by atoms with Crippen molar-refractivity contribution >= 4 is 23.6 Å². The van der Waals surface area contributed by atoms with Gasteiger partial charge in [0.1, 0.15) is 23.5 Å². The first-order valence-corrected chi connectivity index (χ1v) is 15.8. The van der Waals surface area contributed by atoms with Crippen LogP contribution in [0.15, 0.2) is 84.9 Å². The second-order valence-electron chi connectivity index (χ2n) is 10.4. The predicted molar refractivity (Wildman–Crippen MR) is 163 cm³/mol. The standard InChI is InChI=1S/C34H40FNO5S/c35-29-18-20-30(21-19-29)39-23-11-16-31(40-24-27-12-5-3-6-13-27)34-36(32(37)26-42-34)22-10-2-1-9-17-33(38)41-25-28-14-7-4-8-15-28/h3-8,12-15,18-21,31,34H,1-2,9-11,16-17,22-26H2. The van der Waals surface area contributed by atoms with E-state index in [4.69, 9.17) is 14.2 Å². The molecule has 8 heteroatoms. The monoisotopic (exact) mass is 593 g/mol. The number of rotatable bonds is 18. The molecule has 0 spiro atoms. The minimum atomic E-state index is -0.291. The van der Waals surface area contributed by atoms with E-state index in [2.05, 4.69) is 0 Å². The molecule has 3 aromatic carbocycles. The van der Waals surface area contributed by atoms with Gasteiger partial charge in [-0.25, -0.2) is 4.39 Å². The number of unbranched alkanes of at least 4 members (excludes halogenated alkanes) is 3.